The Morgan fingerprint density at radius 3 is 2.52 bits per heavy atom. The molecule has 1 aromatic rings. The van der Waals surface area contributed by atoms with Gasteiger partial charge in [0.05, 0.1) is 0 Å². The number of aryl methyl sites for hydroxylation is 1. The zero-order valence-corrected chi connectivity index (χ0v) is 12.4. The van der Waals surface area contributed by atoms with Crippen molar-refractivity contribution in [2.45, 2.75) is 19.8 Å². The summed E-state index contributed by atoms with van der Waals surface area (Å²) in [6, 6.07) is 5.92. The first kappa shape index (κ1) is 13.9. The lowest BCUT2D eigenvalue weighted by Gasteiger charge is -2.34. The summed E-state index contributed by atoms with van der Waals surface area (Å²) in [5.74, 6) is 0.161. The number of rotatable bonds is 1. The van der Waals surface area contributed by atoms with Crippen molar-refractivity contribution in [2.75, 3.05) is 38.0 Å². The Morgan fingerprint density at radius 2 is 1.81 bits per heavy atom. The quantitative estimate of drug-likeness (QED) is 0.848. The number of hydrogen-bond donors (Lipinski definition) is 1. The molecule has 5 nitrogen and oxygen atoms in total. The van der Waals surface area contributed by atoms with Crippen LogP contribution in [0.25, 0.3) is 0 Å². The Bertz CT molecular complexity index is 563. The third-order valence-corrected chi connectivity index (χ3v) is 4.30. The van der Waals surface area contributed by atoms with Crippen molar-refractivity contribution in [2.24, 2.45) is 0 Å². The molecule has 0 spiro atoms. The maximum Gasteiger partial charge on any atom is 0.253 e. The highest BCUT2D eigenvalue weighted by atomic mass is 16.2. The molecule has 1 saturated heterocycles. The van der Waals surface area contributed by atoms with Gasteiger partial charge in [-0.25, -0.2) is 0 Å². The topological polar surface area (TPSA) is 52.7 Å². The van der Waals surface area contributed by atoms with Crippen molar-refractivity contribution in [3.63, 3.8) is 0 Å². The van der Waals surface area contributed by atoms with Crippen molar-refractivity contribution in [1.82, 2.24) is 9.80 Å². The molecule has 0 saturated carbocycles. The number of piperazine rings is 1. The van der Waals surface area contributed by atoms with Crippen molar-refractivity contribution in [1.29, 1.82) is 0 Å². The normalized spacial score (nSPS) is 18.0. The largest absolute Gasteiger partial charge is 0.385 e. The van der Waals surface area contributed by atoms with E-state index in [1.54, 1.807) is 11.8 Å². The molecule has 112 valence electrons. The fraction of sp³-hybridized carbons (Fsp3) is 0.500. The minimum atomic E-state index is 0.0755. The van der Waals surface area contributed by atoms with Gasteiger partial charge in [-0.05, 0) is 36.6 Å². The number of nitrogens with one attached hydrogen (secondary N) is 1. The molecule has 0 aliphatic carbocycles. The predicted octanol–water partition coefficient (Wildman–Crippen LogP) is 1.35. The Balaban J connectivity index is 1.70. The first-order valence-electron chi connectivity index (χ1n) is 7.57. The Labute approximate surface area is 124 Å². The molecule has 2 aliphatic heterocycles. The lowest BCUT2D eigenvalue weighted by atomic mass is 10.00. The molecule has 0 bridgehead atoms. The summed E-state index contributed by atoms with van der Waals surface area (Å²) in [6.07, 6.45) is 2.14. The zero-order chi connectivity index (χ0) is 14.8. The van der Waals surface area contributed by atoms with Crippen molar-refractivity contribution >= 4 is 17.5 Å². The molecule has 2 amide bonds. The average molecular weight is 287 g/mol. The summed E-state index contributed by atoms with van der Waals surface area (Å²) in [7, 11) is 0. The SMILES string of the molecule is CC(=O)N1CCN(C(=O)c2ccc3c(c2)CCCN3)CC1. The fourth-order valence-electron chi connectivity index (χ4n) is 3.01. The van der Waals surface area contributed by atoms with Crippen LogP contribution < -0.4 is 5.32 Å². The minimum Gasteiger partial charge on any atom is -0.385 e. The van der Waals surface area contributed by atoms with Gasteiger partial charge in [-0.3, -0.25) is 9.59 Å². The van der Waals surface area contributed by atoms with Gasteiger partial charge in [0.1, 0.15) is 0 Å². The summed E-state index contributed by atoms with van der Waals surface area (Å²) in [5.41, 5.74) is 3.14. The standard InChI is InChI=1S/C16H21N3O2/c1-12(20)18-7-9-19(10-8-18)16(21)14-4-5-15-13(11-14)3-2-6-17-15/h4-5,11,17H,2-3,6-10H2,1H3. The van der Waals surface area contributed by atoms with Gasteiger partial charge in [0, 0.05) is 50.9 Å². The lowest BCUT2D eigenvalue weighted by Crippen LogP contribution is -2.50. The number of anilines is 1. The first-order chi connectivity index (χ1) is 10.1. The van der Waals surface area contributed by atoms with Gasteiger partial charge in [0.2, 0.25) is 5.91 Å². The van der Waals surface area contributed by atoms with Crippen LogP contribution >= 0.6 is 0 Å². The summed E-state index contributed by atoms with van der Waals surface area (Å²) >= 11 is 0. The van der Waals surface area contributed by atoms with Gasteiger partial charge in [0.25, 0.3) is 5.91 Å². The Kier molecular flexibility index (Phi) is 3.82. The van der Waals surface area contributed by atoms with Gasteiger partial charge in [-0.1, -0.05) is 0 Å². The molecule has 1 fully saturated rings. The molecule has 5 heteroatoms. The number of carbonyl (C=O) groups is 2. The van der Waals surface area contributed by atoms with E-state index >= 15 is 0 Å². The molecule has 0 aromatic heterocycles. The monoisotopic (exact) mass is 287 g/mol. The van der Waals surface area contributed by atoms with Gasteiger partial charge in [-0.2, -0.15) is 0 Å². The van der Waals surface area contributed by atoms with E-state index in [0.717, 1.165) is 30.6 Å². The summed E-state index contributed by atoms with van der Waals surface area (Å²) in [6.45, 7) is 5.09. The maximum absolute atomic E-state index is 12.6. The Morgan fingerprint density at radius 1 is 1.10 bits per heavy atom. The van der Waals surface area contributed by atoms with Crippen molar-refractivity contribution in [3.8, 4) is 0 Å². The van der Waals surface area contributed by atoms with E-state index in [2.05, 4.69) is 5.32 Å². The third kappa shape index (κ3) is 2.86. The second-order valence-corrected chi connectivity index (χ2v) is 5.70. The summed E-state index contributed by atoms with van der Waals surface area (Å²) in [5, 5.41) is 3.36. The van der Waals surface area contributed by atoms with Crippen LogP contribution in [-0.4, -0.2) is 54.3 Å². The second-order valence-electron chi connectivity index (χ2n) is 5.70. The summed E-state index contributed by atoms with van der Waals surface area (Å²) < 4.78 is 0. The van der Waals surface area contributed by atoms with Crippen LogP contribution in [0.4, 0.5) is 5.69 Å². The molecule has 21 heavy (non-hydrogen) atoms. The molecule has 0 unspecified atom stereocenters. The molecular weight excluding hydrogens is 266 g/mol. The van der Waals surface area contributed by atoms with Gasteiger partial charge < -0.3 is 15.1 Å². The van der Waals surface area contributed by atoms with Crippen molar-refractivity contribution in [3.05, 3.63) is 29.3 Å². The predicted molar refractivity (Wildman–Crippen MR) is 81.4 cm³/mol. The third-order valence-electron chi connectivity index (χ3n) is 4.30. The van der Waals surface area contributed by atoms with E-state index in [1.807, 2.05) is 23.1 Å². The number of nitrogens with zero attached hydrogens (tertiary/aromatic N) is 2. The number of carbonyl (C=O) groups excluding carboxylic acids is 2. The highest BCUT2D eigenvalue weighted by molar-refractivity contribution is 5.95. The molecular formula is C16H21N3O2. The van der Waals surface area contributed by atoms with Crippen LogP contribution in [0.3, 0.4) is 0 Å². The van der Waals surface area contributed by atoms with Gasteiger partial charge in [-0.15, -0.1) is 0 Å². The highest BCUT2D eigenvalue weighted by Gasteiger charge is 2.23. The maximum atomic E-state index is 12.6. The van der Waals surface area contributed by atoms with E-state index in [-0.39, 0.29) is 11.8 Å². The van der Waals surface area contributed by atoms with Crippen LogP contribution in [0.15, 0.2) is 18.2 Å². The molecule has 2 aliphatic rings. The van der Waals surface area contributed by atoms with Gasteiger partial charge in [0.15, 0.2) is 0 Å². The van der Waals surface area contributed by atoms with E-state index in [1.165, 1.54) is 5.56 Å². The van der Waals surface area contributed by atoms with Crippen LogP contribution in [0.5, 0.6) is 0 Å². The number of fused-ring (bicyclic) bond motifs is 1. The second kappa shape index (κ2) is 5.76. The van der Waals surface area contributed by atoms with E-state index < -0.39 is 0 Å². The number of benzene rings is 1. The zero-order valence-electron chi connectivity index (χ0n) is 12.4. The van der Waals surface area contributed by atoms with Gasteiger partial charge >= 0.3 is 0 Å². The van der Waals surface area contributed by atoms with Crippen LogP contribution in [0.1, 0.15) is 29.3 Å². The molecule has 2 heterocycles. The average Bonchev–Trinajstić information content (AvgIpc) is 2.54. The fourth-order valence-corrected chi connectivity index (χ4v) is 3.01. The van der Waals surface area contributed by atoms with E-state index in [0.29, 0.717) is 26.2 Å². The smallest absolute Gasteiger partial charge is 0.253 e. The Hall–Kier alpha value is -2.04. The molecule has 0 atom stereocenters. The molecule has 1 aromatic carbocycles. The van der Waals surface area contributed by atoms with Crippen molar-refractivity contribution < 1.29 is 9.59 Å². The highest BCUT2D eigenvalue weighted by Crippen LogP contribution is 2.23. The van der Waals surface area contributed by atoms with Crippen LogP contribution in [0.2, 0.25) is 0 Å². The van der Waals surface area contributed by atoms with Crippen LogP contribution in [0, 0.1) is 0 Å². The molecule has 0 radical (unpaired) electrons. The first-order valence-corrected chi connectivity index (χ1v) is 7.57. The van der Waals surface area contributed by atoms with E-state index in [9.17, 15) is 9.59 Å². The summed E-state index contributed by atoms with van der Waals surface area (Å²) in [4.78, 5) is 27.5. The molecule has 3 rings (SSSR count). The van der Waals surface area contributed by atoms with Crippen LogP contribution in [-0.2, 0) is 11.2 Å². The number of hydrogen-bond acceptors (Lipinski definition) is 3. The molecule has 1 N–H and O–H groups in total. The van der Waals surface area contributed by atoms with E-state index in [4.69, 9.17) is 0 Å². The minimum absolute atomic E-state index is 0.0755. The lowest BCUT2D eigenvalue weighted by molar-refractivity contribution is -0.130. The number of amides is 2.